The number of hydrogen-bond donors (Lipinski definition) is 1. The fraction of sp³-hybridized carbons (Fsp3) is 0.583. The predicted octanol–water partition coefficient (Wildman–Crippen LogP) is 4.10. The topological polar surface area (TPSA) is 72.8 Å². The van der Waals surface area contributed by atoms with Crippen LogP contribution in [0.25, 0.3) is 0 Å². The molecule has 2 aliphatic carbocycles. The van der Waals surface area contributed by atoms with E-state index in [1.807, 2.05) is 13.8 Å². The van der Waals surface area contributed by atoms with Gasteiger partial charge in [-0.15, -0.1) is 0 Å². The van der Waals surface area contributed by atoms with Gasteiger partial charge in [0.1, 0.15) is 11.9 Å². The summed E-state index contributed by atoms with van der Waals surface area (Å²) in [6.07, 6.45) is 3.87. The molecule has 1 saturated heterocycles. The molecule has 156 valence electrons. The van der Waals surface area contributed by atoms with Gasteiger partial charge in [-0.05, 0) is 80.0 Å². The van der Waals surface area contributed by atoms with Crippen LogP contribution in [0.3, 0.4) is 0 Å². The van der Waals surface area contributed by atoms with Gasteiger partial charge in [0.25, 0.3) is 0 Å². The molecule has 1 aliphatic heterocycles. The molecule has 2 saturated carbocycles. The summed E-state index contributed by atoms with van der Waals surface area (Å²) in [6.45, 7) is 10.1. The second kappa shape index (κ2) is 7.19. The first kappa shape index (κ1) is 20.0. The highest BCUT2D eigenvalue weighted by Gasteiger charge is 2.66. The van der Waals surface area contributed by atoms with E-state index in [0.717, 1.165) is 36.8 Å². The van der Waals surface area contributed by atoms with Crippen LogP contribution < -0.4 is 0 Å². The predicted molar refractivity (Wildman–Crippen MR) is 108 cm³/mol. The number of phenols is 1. The van der Waals surface area contributed by atoms with E-state index in [0.29, 0.717) is 17.4 Å². The Bertz CT molecular complexity index is 859. The van der Waals surface area contributed by atoms with Crippen molar-refractivity contribution in [1.82, 2.24) is 0 Å². The maximum absolute atomic E-state index is 12.3. The minimum Gasteiger partial charge on any atom is -0.508 e. The molecule has 1 N–H and O–H groups in total. The zero-order chi connectivity index (χ0) is 20.9. The molecule has 4 rings (SSSR count). The van der Waals surface area contributed by atoms with Gasteiger partial charge in [-0.2, -0.15) is 0 Å². The maximum atomic E-state index is 12.3. The number of rotatable bonds is 6. The second-order valence-corrected chi connectivity index (χ2v) is 9.40. The molecule has 0 unspecified atom stereocenters. The summed E-state index contributed by atoms with van der Waals surface area (Å²) in [7, 11) is 0. The molecule has 1 aromatic rings. The van der Waals surface area contributed by atoms with Gasteiger partial charge >= 0.3 is 11.9 Å². The minimum atomic E-state index is -0.233. The molecule has 1 aromatic carbocycles. The van der Waals surface area contributed by atoms with Gasteiger partial charge in [0.2, 0.25) is 0 Å². The van der Waals surface area contributed by atoms with E-state index in [9.17, 15) is 14.7 Å². The molecular weight excluding hydrogens is 368 g/mol. The molecule has 3 fully saturated rings. The first-order chi connectivity index (χ1) is 13.7. The van der Waals surface area contributed by atoms with E-state index in [4.69, 9.17) is 9.47 Å². The molecule has 1 heterocycles. The standard InChI is InChI=1S/C24H30O5/c1-13-9-17(25)7-6-16(13)10-22(26)28-14(2)5-8-19-20-11-18-15(3)23(27)29-21(18)12-24(19,20)4/h6-7,9,14,18-21,25H,3,5,8,10-12H2,1-2,4H3/t14-,18-,19+,20+,21-,24-/m1/s1. The van der Waals surface area contributed by atoms with Gasteiger partial charge in [0.05, 0.1) is 12.5 Å². The molecule has 5 heteroatoms. The highest BCUT2D eigenvalue weighted by atomic mass is 16.6. The minimum absolute atomic E-state index is 0.00468. The van der Waals surface area contributed by atoms with Crippen molar-refractivity contribution in [2.45, 2.75) is 65.1 Å². The van der Waals surface area contributed by atoms with Crippen molar-refractivity contribution in [3.63, 3.8) is 0 Å². The fourth-order valence-corrected chi connectivity index (χ4v) is 5.66. The lowest BCUT2D eigenvalue weighted by Gasteiger charge is -2.27. The molecule has 0 amide bonds. The average molecular weight is 398 g/mol. The third-order valence-electron chi connectivity index (χ3n) is 7.51. The second-order valence-electron chi connectivity index (χ2n) is 9.40. The van der Waals surface area contributed by atoms with E-state index < -0.39 is 0 Å². The van der Waals surface area contributed by atoms with Gasteiger partial charge in [0, 0.05) is 11.5 Å². The normalized spacial score (nSPS) is 33.5. The quantitative estimate of drug-likeness (QED) is 0.577. The molecule has 6 atom stereocenters. The van der Waals surface area contributed by atoms with Crippen molar-refractivity contribution >= 4 is 11.9 Å². The number of benzene rings is 1. The summed E-state index contributed by atoms with van der Waals surface area (Å²) in [5.41, 5.74) is 2.65. The first-order valence-electron chi connectivity index (χ1n) is 10.6. The maximum Gasteiger partial charge on any atom is 0.334 e. The number of aromatic hydroxyl groups is 1. The van der Waals surface area contributed by atoms with Gasteiger partial charge < -0.3 is 14.6 Å². The number of aryl methyl sites for hydroxylation is 1. The van der Waals surface area contributed by atoms with Gasteiger partial charge in [-0.1, -0.05) is 19.6 Å². The van der Waals surface area contributed by atoms with E-state index in [1.54, 1.807) is 18.2 Å². The zero-order valence-corrected chi connectivity index (χ0v) is 17.4. The largest absolute Gasteiger partial charge is 0.508 e. The molecule has 29 heavy (non-hydrogen) atoms. The molecule has 0 spiro atoms. The molecule has 0 aromatic heterocycles. The highest BCUT2D eigenvalue weighted by molar-refractivity contribution is 5.90. The monoisotopic (exact) mass is 398 g/mol. The van der Waals surface area contributed by atoms with Gasteiger partial charge in [-0.3, -0.25) is 4.79 Å². The van der Waals surface area contributed by atoms with Crippen LogP contribution in [-0.2, 0) is 25.5 Å². The Labute approximate surface area is 172 Å². The number of esters is 2. The van der Waals surface area contributed by atoms with Crippen LogP contribution in [0.5, 0.6) is 5.75 Å². The number of fused-ring (bicyclic) bond motifs is 2. The Kier molecular flexibility index (Phi) is 4.96. The van der Waals surface area contributed by atoms with Crippen molar-refractivity contribution < 1.29 is 24.2 Å². The summed E-state index contributed by atoms with van der Waals surface area (Å²) >= 11 is 0. The summed E-state index contributed by atoms with van der Waals surface area (Å²) in [5.74, 6) is 1.15. The van der Waals surface area contributed by atoms with Crippen molar-refractivity contribution in [2.75, 3.05) is 0 Å². The fourth-order valence-electron chi connectivity index (χ4n) is 5.66. The molecule has 0 bridgehead atoms. The van der Waals surface area contributed by atoms with E-state index in [2.05, 4.69) is 13.5 Å². The van der Waals surface area contributed by atoms with Crippen molar-refractivity contribution in [1.29, 1.82) is 0 Å². The zero-order valence-electron chi connectivity index (χ0n) is 17.4. The molecule has 3 aliphatic rings. The summed E-state index contributed by atoms with van der Waals surface area (Å²) in [4.78, 5) is 24.0. The van der Waals surface area contributed by atoms with Crippen LogP contribution in [0.4, 0.5) is 0 Å². The van der Waals surface area contributed by atoms with Gasteiger partial charge in [0.15, 0.2) is 0 Å². The molecule has 0 radical (unpaired) electrons. The van der Waals surface area contributed by atoms with E-state index in [-0.39, 0.29) is 47.6 Å². The Balaban J connectivity index is 1.25. The number of carbonyl (C=O) groups is 2. The number of carbonyl (C=O) groups excluding carboxylic acids is 2. The highest BCUT2D eigenvalue weighted by Crippen LogP contribution is 2.70. The van der Waals surface area contributed by atoms with Gasteiger partial charge in [-0.25, -0.2) is 4.79 Å². The third-order valence-corrected chi connectivity index (χ3v) is 7.51. The lowest BCUT2D eigenvalue weighted by atomic mass is 9.79. The van der Waals surface area contributed by atoms with Crippen LogP contribution in [0, 0.1) is 30.1 Å². The van der Waals surface area contributed by atoms with Crippen LogP contribution >= 0.6 is 0 Å². The van der Waals surface area contributed by atoms with Crippen LogP contribution in [0.2, 0.25) is 0 Å². The van der Waals surface area contributed by atoms with E-state index >= 15 is 0 Å². The smallest absolute Gasteiger partial charge is 0.334 e. The van der Waals surface area contributed by atoms with Crippen molar-refractivity contribution in [3.8, 4) is 5.75 Å². The SMILES string of the molecule is C=C1C(=O)O[C@@H]2C[C@]3(C)[C@@H](CC[C@@H](C)OC(=O)Cc4ccc(O)cc4C)[C@@H]3C[C@H]12. The summed E-state index contributed by atoms with van der Waals surface area (Å²) in [6, 6.07) is 5.02. The summed E-state index contributed by atoms with van der Waals surface area (Å²) < 4.78 is 11.1. The average Bonchev–Trinajstić information content (AvgIpc) is 3.12. The summed E-state index contributed by atoms with van der Waals surface area (Å²) in [5, 5.41) is 9.49. The Morgan fingerprint density at radius 2 is 2.21 bits per heavy atom. The van der Waals surface area contributed by atoms with Crippen LogP contribution in [0.1, 0.15) is 50.7 Å². The van der Waals surface area contributed by atoms with Crippen LogP contribution in [-0.4, -0.2) is 29.3 Å². The Morgan fingerprint density at radius 1 is 1.45 bits per heavy atom. The number of hydrogen-bond acceptors (Lipinski definition) is 5. The lowest BCUT2D eigenvalue weighted by molar-refractivity contribution is -0.147. The number of ether oxygens (including phenoxy) is 2. The van der Waals surface area contributed by atoms with Crippen molar-refractivity contribution in [3.05, 3.63) is 41.5 Å². The first-order valence-corrected chi connectivity index (χ1v) is 10.6. The Morgan fingerprint density at radius 3 is 2.93 bits per heavy atom. The van der Waals surface area contributed by atoms with Crippen molar-refractivity contribution in [2.24, 2.45) is 23.2 Å². The lowest BCUT2D eigenvalue weighted by Crippen LogP contribution is -2.26. The van der Waals surface area contributed by atoms with E-state index in [1.165, 1.54) is 0 Å². The third kappa shape index (κ3) is 3.67. The molecular formula is C24H30O5. The number of phenolic OH excluding ortho intramolecular Hbond substituents is 1. The Hall–Kier alpha value is -2.30. The van der Waals surface area contributed by atoms with Crippen LogP contribution in [0.15, 0.2) is 30.4 Å². The molecule has 5 nitrogen and oxygen atoms in total.